The molecule has 0 aromatic heterocycles. The molecule has 0 aliphatic carbocycles. The molecule has 0 radical (unpaired) electrons. The van der Waals surface area contributed by atoms with Crippen molar-refractivity contribution in [3.8, 4) is 0 Å². The number of morpholine rings is 1. The van der Waals surface area contributed by atoms with Gasteiger partial charge in [0.25, 0.3) is 0 Å². The normalized spacial score (nSPS) is 24.3. The van der Waals surface area contributed by atoms with Crippen LogP contribution in [0.4, 0.5) is 4.79 Å². The van der Waals surface area contributed by atoms with Gasteiger partial charge in [-0.05, 0) is 59.5 Å². The molecule has 0 aromatic carbocycles. The van der Waals surface area contributed by atoms with Crippen LogP contribution in [-0.2, 0) is 19.0 Å². The summed E-state index contributed by atoms with van der Waals surface area (Å²) in [4.78, 5) is 30.0. The van der Waals surface area contributed by atoms with Crippen molar-refractivity contribution in [3.05, 3.63) is 11.6 Å². The lowest BCUT2D eigenvalue weighted by Gasteiger charge is -2.35. The van der Waals surface area contributed by atoms with E-state index >= 15 is 0 Å². The molecule has 2 heterocycles. The lowest BCUT2D eigenvalue weighted by molar-refractivity contribution is -0.117. The Labute approximate surface area is 200 Å². The largest absolute Gasteiger partial charge is 0.444 e. The van der Waals surface area contributed by atoms with Crippen molar-refractivity contribution in [1.82, 2.24) is 15.1 Å². The van der Waals surface area contributed by atoms with Crippen LogP contribution in [0.3, 0.4) is 0 Å². The van der Waals surface area contributed by atoms with Crippen LogP contribution in [0.5, 0.6) is 0 Å². The number of rotatable bonds is 8. The minimum absolute atomic E-state index is 0.0776. The third-order valence-corrected chi connectivity index (χ3v) is 5.87. The van der Waals surface area contributed by atoms with Gasteiger partial charge in [0, 0.05) is 31.8 Å². The summed E-state index contributed by atoms with van der Waals surface area (Å²) in [5.74, 6) is 0.270. The molecule has 0 saturated carbocycles. The van der Waals surface area contributed by atoms with E-state index in [9.17, 15) is 9.59 Å². The second kappa shape index (κ2) is 11.7. The summed E-state index contributed by atoms with van der Waals surface area (Å²) in [7, 11) is 0. The van der Waals surface area contributed by atoms with Gasteiger partial charge in [-0.15, -0.1) is 0 Å². The van der Waals surface area contributed by atoms with Gasteiger partial charge in [-0.25, -0.2) is 4.79 Å². The van der Waals surface area contributed by atoms with E-state index in [-0.39, 0.29) is 24.1 Å². The SMILES string of the molecule is CCC(=C[C@@H]1OC(C)(C)N(C(=O)OC(C)(C)C)[C@H]1CC(C)C)C(=O)NCCN1CCOCC1. The van der Waals surface area contributed by atoms with Crippen LogP contribution in [-0.4, -0.2) is 84.7 Å². The first kappa shape index (κ1) is 27.6. The summed E-state index contributed by atoms with van der Waals surface area (Å²) >= 11 is 0. The summed E-state index contributed by atoms with van der Waals surface area (Å²) in [5, 5.41) is 3.05. The predicted molar refractivity (Wildman–Crippen MR) is 129 cm³/mol. The molecule has 0 aromatic rings. The van der Waals surface area contributed by atoms with Gasteiger partial charge >= 0.3 is 6.09 Å². The Hall–Kier alpha value is -1.64. The van der Waals surface area contributed by atoms with E-state index in [4.69, 9.17) is 14.2 Å². The van der Waals surface area contributed by atoms with E-state index in [1.54, 1.807) is 4.90 Å². The summed E-state index contributed by atoms with van der Waals surface area (Å²) in [6.07, 6.45) is 2.48. The molecular formula is C25H45N3O5. The van der Waals surface area contributed by atoms with Gasteiger partial charge in [-0.2, -0.15) is 0 Å². The average molecular weight is 468 g/mol. The fraction of sp³-hybridized carbons (Fsp3) is 0.840. The highest BCUT2D eigenvalue weighted by atomic mass is 16.6. The highest BCUT2D eigenvalue weighted by molar-refractivity contribution is 5.93. The molecular weight excluding hydrogens is 422 g/mol. The number of nitrogens with one attached hydrogen (secondary N) is 1. The quantitative estimate of drug-likeness (QED) is 0.550. The van der Waals surface area contributed by atoms with Crippen LogP contribution in [0.25, 0.3) is 0 Å². The highest BCUT2D eigenvalue weighted by Crippen LogP contribution is 2.37. The molecule has 2 saturated heterocycles. The van der Waals surface area contributed by atoms with Gasteiger partial charge in [0.15, 0.2) is 0 Å². The standard InChI is InChI=1S/C25H45N3O5/c1-9-19(22(29)26-10-11-27-12-14-31-15-13-27)17-21-20(16-18(2)3)28(25(7,8)32-21)23(30)33-24(4,5)6/h17-18,20-21H,9-16H2,1-8H3,(H,26,29)/t20-,21-/m0/s1. The summed E-state index contributed by atoms with van der Waals surface area (Å²) in [6.45, 7) is 20.2. The zero-order valence-corrected chi connectivity index (χ0v) is 21.9. The van der Waals surface area contributed by atoms with Crippen LogP contribution in [0.15, 0.2) is 11.6 Å². The predicted octanol–water partition coefficient (Wildman–Crippen LogP) is 3.56. The Bertz CT molecular complexity index is 693. The molecule has 0 spiro atoms. The van der Waals surface area contributed by atoms with E-state index in [1.165, 1.54) is 0 Å². The minimum Gasteiger partial charge on any atom is -0.444 e. The number of amides is 2. The Morgan fingerprint density at radius 2 is 1.85 bits per heavy atom. The molecule has 190 valence electrons. The van der Waals surface area contributed by atoms with E-state index in [0.717, 1.165) is 39.3 Å². The van der Waals surface area contributed by atoms with E-state index in [0.29, 0.717) is 24.5 Å². The van der Waals surface area contributed by atoms with Crippen molar-refractivity contribution in [2.24, 2.45) is 5.92 Å². The first-order valence-corrected chi connectivity index (χ1v) is 12.3. The minimum atomic E-state index is -0.839. The van der Waals surface area contributed by atoms with Crippen molar-refractivity contribution < 1.29 is 23.8 Å². The van der Waals surface area contributed by atoms with E-state index in [2.05, 4.69) is 24.1 Å². The highest BCUT2D eigenvalue weighted by Gasteiger charge is 2.50. The van der Waals surface area contributed by atoms with E-state index in [1.807, 2.05) is 47.6 Å². The van der Waals surface area contributed by atoms with Crippen molar-refractivity contribution in [2.75, 3.05) is 39.4 Å². The fourth-order valence-corrected chi connectivity index (χ4v) is 4.37. The third kappa shape index (κ3) is 8.26. The molecule has 0 unspecified atom stereocenters. The number of hydrogen-bond acceptors (Lipinski definition) is 6. The zero-order valence-electron chi connectivity index (χ0n) is 21.9. The van der Waals surface area contributed by atoms with Crippen LogP contribution in [0.1, 0.15) is 68.2 Å². The smallest absolute Gasteiger partial charge is 0.412 e. The van der Waals surface area contributed by atoms with Crippen LogP contribution in [0.2, 0.25) is 0 Å². The average Bonchev–Trinajstić information content (AvgIpc) is 2.94. The number of hydrogen-bond donors (Lipinski definition) is 1. The Morgan fingerprint density at radius 3 is 2.39 bits per heavy atom. The summed E-state index contributed by atoms with van der Waals surface area (Å²) in [6, 6.07) is -0.211. The van der Waals surface area contributed by atoms with Gasteiger partial charge in [0.05, 0.1) is 25.4 Å². The van der Waals surface area contributed by atoms with Crippen molar-refractivity contribution in [3.63, 3.8) is 0 Å². The lowest BCUT2D eigenvalue weighted by atomic mass is 9.96. The molecule has 8 heteroatoms. The van der Waals surface area contributed by atoms with Gasteiger partial charge in [-0.1, -0.05) is 20.8 Å². The van der Waals surface area contributed by atoms with Gasteiger partial charge < -0.3 is 19.5 Å². The van der Waals surface area contributed by atoms with Gasteiger partial charge in [0.1, 0.15) is 11.3 Å². The van der Waals surface area contributed by atoms with Crippen LogP contribution in [0, 0.1) is 5.92 Å². The molecule has 2 atom stereocenters. The summed E-state index contributed by atoms with van der Waals surface area (Å²) in [5.41, 5.74) is -0.759. The van der Waals surface area contributed by atoms with Gasteiger partial charge in [-0.3, -0.25) is 14.6 Å². The van der Waals surface area contributed by atoms with Crippen LogP contribution >= 0.6 is 0 Å². The molecule has 2 aliphatic rings. The van der Waals surface area contributed by atoms with Crippen molar-refractivity contribution in [2.45, 2.75) is 91.7 Å². The maximum atomic E-state index is 13.1. The number of ether oxygens (including phenoxy) is 3. The third-order valence-electron chi connectivity index (χ3n) is 5.87. The first-order chi connectivity index (χ1) is 15.3. The maximum Gasteiger partial charge on any atom is 0.412 e. The number of nitrogens with zero attached hydrogens (tertiary/aromatic N) is 2. The first-order valence-electron chi connectivity index (χ1n) is 12.3. The second-order valence-electron chi connectivity index (χ2n) is 10.8. The fourth-order valence-electron chi connectivity index (χ4n) is 4.37. The van der Waals surface area contributed by atoms with Crippen molar-refractivity contribution >= 4 is 12.0 Å². The molecule has 1 N–H and O–H groups in total. The lowest BCUT2D eigenvalue weighted by Crippen LogP contribution is -2.50. The summed E-state index contributed by atoms with van der Waals surface area (Å²) < 4.78 is 17.4. The molecule has 0 bridgehead atoms. The molecule has 2 amide bonds. The molecule has 2 aliphatic heterocycles. The van der Waals surface area contributed by atoms with Crippen molar-refractivity contribution in [1.29, 1.82) is 0 Å². The second-order valence-corrected chi connectivity index (χ2v) is 10.8. The number of carbonyl (C=O) groups is 2. The Kier molecular flexibility index (Phi) is 9.76. The van der Waals surface area contributed by atoms with E-state index < -0.39 is 11.3 Å². The monoisotopic (exact) mass is 467 g/mol. The Morgan fingerprint density at radius 1 is 1.21 bits per heavy atom. The molecule has 33 heavy (non-hydrogen) atoms. The molecule has 8 nitrogen and oxygen atoms in total. The van der Waals surface area contributed by atoms with Gasteiger partial charge in [0.2, 0.25) is 5.91 Å². The number of carbonyl (C=O) groups excluding carboxylic acids is 2. The zero-order chi connectivity index (χ0) is 24.8. The Balaban J connectivity index is 2.14. The molecule has 2 rings (SSSR count). The molecule has 2 fully saturated rings. The van der Waals surface area contributed by atoms with Crippen LogP contribution < -0.4 is 5.32 Å². The maximum absolute atomic E-state index is 13.1. The topological polar surface area (TPSA) is 80.3 Å².